The summed E-state index contributed by atoms with van der Waals surface area (Å²) in [6.07, 6.45) is 0. The van der Waals surface area contributed by atoms with E-state index in [1.54, 1.807) is 18.2 Å². The molecule has 10 heteroatoms. The molecule has 0 unspecified atom stereocenters. The van der Waals surface area contributed by atoms with Gasteiger partial charge in [-0.05, 0) is 42.5 Å². The summed E-state index contributed by atoms with van der Waals surface area (Å²) >= 11 is 3.34. The van der Waals surface area contributed by atoms with Gasteiger partial charge in [0, 0.05) is 10.0 Å². The molecule has 1 amide bonds. The topological polar surface area (TPSA) is 111 Å². The highest BCUT2D eigenvalue weighted by Crippen LogP contribution is 2.23. The largest absolute Gasteiger partial charge is 0.497 e. The molecule has 27 heavy (non-hydrogen) atoms. The highest BCUT2D eigenvalue weighted by Gasteiger charge is 2.21. The standard InChI is InChI=1S/C17H14BrN3O5S/c1-25-13-5-7-14(8-6-13)27(23,24)10-15(22)19-17-21-20-16(26-17)11-3-2-4-12(18)9-11/h2-9H,10H2,1H3,(H,19,21,22). The van der Waals surface area contributed by atoms with Crippen LogP contribution in [0.25, 0.3) is 11.5 Å². The van der Waals surface area contributed by atoms with Gasteiger partial charge >= 0.3 is 6.01 Å². The van der Waals surface area contributed by atoms with Crippen LogP contribution >= 0.6 is 15.9 Å². The molecule has 3 rings (SSSR count). The number of hydrogen-bond acceptors (Lipinski definition) is 7. The minimum Gasteiger partial charge on any atom is -0.497 e. The van der Waals surface area contributed by atoms with Crippen LogP contribution < -0.4 is 10.1 Å². The molecule has 0 spiro atoms. The highest BCUT2D eigenvalue weighted by molar-refractivity contribution is 9.10. The molecular weight excluding hydrogens is 438 g/mol. The van der Waals surface area contributed by atoms with Gasteiger partial charge in [-0.25, -0.2) is 8.42 Å². The predicted molar refractivity (Wildman–Crippen MR) is 101 cm³/mol. The van der Waals surface area contributed by atoms with Crippen LogP contribution in [-0.4, -0.2) is 37.4 Å². The Balaban J connectivity index is 1.68. The van der Waals surface area contributed by atoms with E-state index in [0.29, 0.717) is 11.3 Å². The summed E-state index contributed by atoms with van der Waals surface area (Å²) in [5.74, 6) is -0.822. The minimum absolute atomic E-state index is 0.0128. The molecule has 0 saturated heterocycles. The maximum Gasteiger partial charge on any atom is 0.322 e. The van der Waals surface area contributed by atoms with E-state index >= 15 is 0 Å². The Kier molecular flexibility index (Phi) is 5.57. The fourth-order valence-electron chi connectivity index (χ4n) is 2.21. The molecule has 0 aliphatic heterocycles. The zero-order valence-electron chi connectivity index (χ0n) is 14.0. The summed E-state index contributed by atoms with van der Waals surface area (Å²) in [5.41, 5.74) is 0.656. The number of benzene rings is 2. The van der Waals surface area contributed by atoms with Crippen LogP contribution in [0.1, 0.15) is 0 Å². The Labute approximate surface area is 163 Å². The molecule has 0 radical (unpaired) electrons. The molecule has 8 nitrogen and oxygen atoms in total. The van der Waals surface area contributed by atoms with Gasteiger partial charge in [0.2, 0.25) is 11.8 Å². The van der Waals surface area contributed by atoms with Crippen molar-refractivity contribution in [3.8, 4) is 17.2 Å². The number of ether oxygens (including phenoxy) is 1. The fraction of sp³-hybridized carbons (Fsp3) is 0.118. The summed E-state index contributed by atoms with van der Waals surface area (Å²) in [4.78, 5) is 12.1. The number of rotatable bonds is 6. The first-order chi connectivity index (χ1) is 12.9. The molecule has 1 N–H and O–H groups in total. The molecule has 0 aliphatic rings. The molecule has 0 atom stereocenters. The van der Waals surface area contributed by atoms with Gasteiger partial charge in [0.05, 0.1) is 12.0 Å². The number of sulfone groups is 1. The van der Waals surface area contributed by atoms with Crippen molar-refractivity contribution in [3.05, 3.63) is 53.0 Å². The average molecular weight is 452 g/mol. The highest BCUT2D eigenvalue weighted by atomic mass is 79.9. The monoisotopic (exact) mass is 451 g/mol. The van der Waals surface area contributed by atoms with Crippen molar-refractivity contribution >= 4 is 37.7 Å². The summed E-state index contributed by atoms with van der Waals surface area (Å²) in [7, 11) is -2.34. The second-order valence-electron chi connectivity index (χ2n) is 5.41. The van der Waals surface area contributed by atoms with Crippen LogP contribution in [0, 0.1) is 0 Å². The van der Waals surface area contributed by atoms with Crippen LogP contribution in [0.15, 0.2) is 62.3 Å². The third-order valence-electron chi connectivity index (χ3n) is 3.48. The van der Waals surface area contributed by atoms with E-state index in [-0.39, 0.29) is 16.8 Å². The number of nitrogens with zero attached hydrogens (tertiary/aromatic N) is 2. The van der Waals surface area contributed by atoms with E-state index in [4.69, 9.17) is 9.15 Å². The normalized spacial score (nSPS) is 11.2. The van der Waals surface area contributed by atoms with E-state index in [0.717, 1.165) is 4.47 Å². The number of halogens is 1. The van der Waals surface area contributed by atoms with Gasteiger partial charge in [0.25, 0.3) is 0 Å². The Hall–Kier alpha value is -2.72. The molecule has 0 aliphatic carbocycles. The Morgan fingerprint density at radius 1 is 1.19 bits per heavy atom. The number of methoxy groups -OCH3 is 1. The van der Waals surface area contributed by atoms with E-state index < -0.39 is 21.5 Å². The lowest BCUT2D eigenvalue weighted by molar-refractivity contribution is -0.114. The number of amides is 1. The van der Waals surface area contributed by atoms with Gasteiger partial charge in [-0.1, -0.05) is 27.1 Å². The van der Waals surface area contributed by atoms with Crippen molar-refractivity contribution in [1.82, 2.24) is 10.2 Å². The molecule has 0 bridgehead atoms. The first-order valence-corrected chi connectivity index (χ1v) is 10.1. The number of nitrogens with one attached hydrogen (secondary N) is 1. The smallest absolute Gasteiger partial charge is 0.322 e. The van der Waals surface area contributed by atoms with E-state index in [1.165, 1.54) is 31.4 Å². The molecule has 1 heterocycles. The van der Waals surface area contributed by atoms with Crippen LogP contribution in [0.5, 0.6) is 5.75 Å². The summed E-state index contributed by atoms with van der Waals surface area (Å²) in [5, 5.41) is 9.85. The van der Waals surface area contributed by atoms with Crippen LogP contribution in [-0.2, 0) is 14.6 Å². The molecular formula is C17H14BrN3O5S. The van der Waals surface area contributed by atoms with Crippen molar-refractivity contribution in [2.75, 3.05) is 18.2 Å². The van der Waals surface area contributed by atoms with Gasteiger partial charge < -0.3 is 9.15 Å². The van der Waals surface area contributed by atoms with E-state index in [1.807, 2.05) is 6.07 Å². The Morgan fingerprint density at radius 2 is 1.93 bits per heavy atom. The van der Waals surface area contributed by atoms with Gasteiger partial charge in [0.1, 0.15) is 11.5 Å². The van der Waals surface area contributed by atoms with E-state index in [9.17, 15) is 13.2 Å². The third kappa shape index (κ3) is 4.72. The Morgan fingerprint density at radius 3 is 2.59 bits per heavy atom. The van der Waals surface area contributed by atoms with Crippen LogP contribution in [0.3, 0.4) is 0 Å². The number of aromatic nitrogens is 2. The fourth-order valence-corrected chi connectivity index (χ4v) is 3.74. The maximum atomic E-state index is 12.3. The second kappa shape index (κ2) is 7.89. The molecule has 2 aromatic carbocycles. The zero-order chi connectivity index (χ0) is 19.4. The summed E-state index contributed by atoms with van der Waals surface area (Å²) in [6.45, 7) is 0. The average Bonchev–Trinajstić information content (AvgIpc) is 3.09. The summed E-state index contributed by atoms with van der Waals surface area (Å²) < 4.78 is 35.8. The molecule has 0 saturated carbocycles. The van der Waals surface area contributed by atoms with Crippen molar-refractivity contribution in [3.63, 3.8) is 0 Å². The summed E-state index contributed by atoms with van der Waals surface area (Å²) in [6, 6.07) is 12.8. The van der Waals surface area contributed by atoms with Gasteiger partial charge in [-0.2, -0.15) is 0 Å². The van der Waals surface area contributed by atoms with E-state index in [2.05, 4.69) is 31.4 Å². The quantitative estimate of drug-likeness (QED) is 0.612. The number of carbonyl (C=O) groups is 1. The molecule has 0 fully saturated rings. The lowest BCUT2D eigenvalue weighted by Crippen LogP contribution is -2.23. The lowest BCUT2D eigenvalue weighted by Gasteiger charge is -2.05. The van der Waals surface area contributed by atoms with Crippen LogP contribution in [0.2, 0.25) is 0 Å². The minimum atomic E-state index is -3.82. The zero-order valence-corrected chi connectivity index (χ0v) is 16.5. The van der Waals surface area contributed by atoms with Crippen LogP contribution in [0.4, 0.5) is 6.01 Å². The molecule has 1 aromatic heterocycles. The van der Waals surface area contributed by atoms with Crippen molar-refractivity contribution in [2.45, 2.75) is 4.90 Å². The maximum absolute atomic E-state index is 12.3. The van der Waals surface area contributed by atoms with Crippen molar-refractivity contribution < 1.29 is 22.4 Å². The van der Waals surface area contributed by atoms with Gasteiger partial charge in [-0.15, -0.1) is 5.10 Å². The SMILES string of the molecule is COc1ccc(S(=O)(=O)CC(=O)Nc2nnc(-c3cccc(Br)c3)o2)cc1. The molecule has 140 valence electrons. The first-order valence-electron chi connectivity index (χ1n) is 7.63. The second-order valence-corrected chi connectivity index (χ2v) is 8.31. The lowest BCUT2D eigenvalue weighted by atomic mass is 10.2. The van der Waals surface area contributed by atoms with Crippen molar-refractivity contribution in [2.24, 2.45) is 0 Å². The molecule has 3 aromatic rings. The Bertz CT molecular complexity index is 1060. The van der Waals surface area contributed by atoms with Gasteiger partial charge in [-0.3, -0.25) is 10.1 Å². The van der Waals surface area contributed by atoms with Crippen molar-refractivity contribution in [1.29, 1.82) is 0 Å². The predicted octanol–water partition coefficient (Wildman–Crippen LogP) is 2.92. The van der Waals surface area contributed by atoms with Gasteiger partial charge in [0.15, 0.2) is 9.84 Å². The number of carbonyl (C=O) groups excluding carboxylic acids is 1. The first kappa shape index (κ1) is 19.1. The third-order valence-corrected chi connectivity index (χ3v) is 5.61. The number of hydrogen-bond donors (Lipinski definition) is 1. The number of anilines is 1.